The van der Waals surface area contributed by atoms with Gasteiger partial charge in [-0.05, 0) is 24.6 Å². The molecular formula is C23H31N3O5S. The number of sulfonamides is 1. The highest BCUT2D eigenvalue weighted by Gasteiger charge is 2.22. The smallest absolute Gasteiger partial charge is 0.240 e. The Labute approximate surface area is 190 Å². The summed E-state index contributed by atoms with van der Waals surface area (Å²) in [5, 5.41) is 0. The fourth-order valence-electron chi connectivity index (χ4n) is 3.74. The zero-order valence-electron chi connectivity index (χ0n) is 18.8. The number of nitrogens with zero attached hydrogens (tertiary/aromatic N) is 2. The van der Waals surface area contributed by atoms with Crippen LogP contribution in [-0.2, 0) is 21.4 Å². The van der Waals surface area contributed by atoms with E-state index in [4.69, 9.17) is 9.47 Å². The Bertz CT molecular complexity index is 1030. The van der Waals surface area contributed by atoms with Gasteiger partial charge in [0.25, 0.3) is 0 Å². The van der Waals surface area contributed by atoms with Crippen LogP contribution in [0.15, 0.2) is 47.4 Å². The number of piperazine rings is 1. The lowest BCUT2D eigenvalue weighted by atomic mass is 10.1. The fourth-order valence-corrected chi connectivity index (χ4v) is 4.79. The van der Waals surface area contributed by atoms with Crippen LogP contribution < -0.4 is 14.2 Å². The molecule has 1 N–H and O–H groups in total. The quantitative estimate of drug-likeness (QED) is 0.615. The molecule has 0 spiro atoms. The summed E-state index contributed by atoms with van der Waals surface area (Å²) in [5.41, 5.74) is 2.51. The Kier molecular flexibility index (Phi) is 8.11. The molecule has 8 nitrogen and oxygen atoms in total. The molecule has 0 radical (unpaired) electrons. The predicted molar refractivity (Wildman–Crippen MR) is 122 cm³/mol. The standard InChI is InChI=1S/C23H31N3O5S/c1-18-5-4-6-19(15-18)17-25-11-13-26(14-12-25)23(27)9-10-24-32(28,29)20-7-8-21(30-2)22(16-20)31-3/h4-8,15-16,24H,9-14,17H2,1-3H3. The van der Waals surface area contributed by atoms with Crippen molar-refractivity contribution < 1.29 is 22.7 Å². The van der Waals surface area contributed by atoms with Gasteiger partial charge in [0.1, 0.15) is 0 Å². The molecule has 9 heteroatoms. The molecular weight excluding hydrogens is 430 g/mol. The molecule has 1 aliphatic rings. The molecule has 0 saturated carbocycles. The SMILES string of the molecule is COc1ccc(S(=O)(=O)NCCC(=O)N2CCN(Cc3cccc(C)c3)CC2)cc1OC. The monoisotopic (exact) mass is 461 g/mol. The van der Waals surface area contributed by atoms with Gasteiger partial charge in [-0.3, -0.25) is 9.69 Å². The number of rotatable bonds is 9. The number of benzene rings is 2. The lowest BCUT2D eigenvalue weighted by molar-refractivity contribution is -0.132. The highest BCUT2D eigenvalue weighted by Crippen LogP contribution is 2.29. The van der Waals surface area contributed by atoms with E-state index in [0.717, 1.165) is 19.6 Å². The average molecular weight is 462 g/mol. The lowest BCUT2D eigenvalue weighted by Crippen LogP contribution is -2.48. The van der Waals surface area contributed by atoms with E-state index in [2.05, 4.69) is 40.8 Å². The van der Waals surface area contributed by atoms with Crippen LogP contribution in [-0.4, -0.2) is 71.1 Å². The minimum absolute atomic E-state index is 0.0407. The Balaban J connectivity index is 1.46. The van der Waals surface area contributed by atoms with Crippen molar-refractivity contribution in [1.82, 2.24) is 14.5 Å². The molecule has 174 valence electrons. The summed E-state index contributed by atoms with van der Waals surface area (Å²) >= 11 is 0. The summed E-state index contributed by atoms with van der Waals surface area (Å²) in [5.74, 6) is 0.730. The second kappa shape index (κ2) is 10.8. The van der Waals surface area contributed by atoms with Crippen LogP contribution in [0, 0.1) is 6.92 Å². The Morgan fingerprint density at radius 3 is 2.38 bits per heavy atom. The molecule has 0 aliphatic carbocycles. The van der Waals surface area contributed by atoms with Gasteiger partial charge < -0.3 is 14.4 Å². The zero-order valence-corrected chi connectivity index (χ0v) is 19.7. The number of aryl methyl sites for hydroxylation is 1. The first kappa shape index (κ1) is 24.0. The van der Waals surface area contributed by atoms with Crippen LogP contribution in [0.5, 0.6) is 11.5 Å². The molecule has 1 amide bonds. The van der Waals surface area contributed by atoms with E-state index in [1.807, 2.05) is 0 Å². The molecule has 1 fully saturated rings. The van der Waals surface area contributed by atoms with Crippen LogP contribution in [0.25, 0.3) is 0 Å². The summed E-state index contributed by atoms with van der Waals surface area (Å²) in [6, 6.07) is 12.8. The van der Waals surface area contributed by atoms with E-state index in [-0.39, 0.29) is 23.8 Å². The van der Waals surface area contributed by atoms with Gasteiger partial charge in [-0.2, -0.15) is 0 Å². The first-order valence-corrected chi connectivity index (χ1v) is 12.1. The predicted octanol–water partition coefficient (Wildman–Crippen LogP) is 2.03. The van der Waals surface area contributed by atoms with Crippen molar-refractivity contribution >= 4 is 15.9 Å². The van der Waals surface area contributed by atoms with Crippen molar-refractivity contribution in [3.8, 4) is 11.5 Å². The lowest BCUT2D eigenvalue weighted by Gasteiger charge is -2.35. The van der Waals surface area contributed by atoms with Crippen molar-refractivity contribution in [2.24, 2.45) is 0 Å². The number of carbonyl (C=O) groups excluding carboxylic acids is 1. The van der Waals surface area contributed by atoms with Gasteiger partial charge in [0.15, 0.2) is 11.5 Å². The topological polar surface area (TPSA) is 88.2 Å². The third-order valence-corrected chi connectivity index (χ3v) is 6.97. The summed E-state index contributed by atoms with van der Waals surface area (Å²) in [6.45, 7) is 5.89. The Hall–Kier alpha value is -2.62. The van der Waals surface area contributed by atoms with Gasteiger partial charge in [-0.15, -0.1) is 0 Å². The molecule has 0 bridgehead atoms. The number of ether oxygens (including phenoxy) is 2. The minimum Gasteiger partial charge on any atom is -0.493 e. The van der Waals surface area contributed by atoms with Crippen LogP contribution in [0.3, 0.4) is 0 Å². The average Bonchev–Trinajstić information content (AvgIpc) is 2.79. The molecule has 1 saturated heterocycles. The Morgan fingerprint density at radius 2 is 1.72 bits per heavy atom. The van der Waals surface area contributed by atoms with Gasteiger partial charge in [0.05, 0.1) is 19.1 Å². The molecule has 2 aromatic rings. The van der Waals surface area contributed by atoms with E-state index in [0.29, 0.717) is 24.6 Å². The van der Waals surface area contributed by atoms with E-state index >= 15 is 0 Å². The normalized spacial score (nSPS) is 14.9. The van der Waals surface area contributed by atoms with E-state index in [1.165, 1.54) is 43.5 Å². The summed E-state index contributed by atoms with van der Waals surface area (Å²) < 4.78 is 37.9. The Morgan fingerprint density at radius 1 is 1.00 bits per heavy atom. The van der Waals surface area contributed by atoms with Gasteiger partial charge >= 0.3 is 0 Å². The van der Waals surface area contributed by atoms with Crippen molar-refractivity contribution in [2.75, 3.05) is 46.9 Å². The number of nitrogens with one attached hydrogen (secondary N) is 1. The number of methoxy groups -OCH3 is 2. The molecule has 3 rings (SSSR count). The van der Waals surface area contributed by atoms with Gasteiger partial charge in [-0.25, -0.2) is 13.1 Å². The fraction of sp³-hybridized carbons (Fsp3) is 0.435. The highest BCUT2D eigenvalue weighted by atomic mass is 32.2. The zero-order chi connectivity index (χ0) is 23.1. The minimum atomic E-state index is -3.76. The second-order valence-corrected chi connectivity index (χ2v) is 9.58. The first-order chi connectivity index (χ1) is 15.3. The molecule has 1 aliphatic heterocycles. The third-order valence-electron chi connectivity index (χ3n) is 5.51. The molecule has 32 heavy (non-hydrogen) atoms. The van der Waals surface area contributed by atoms with Crippen molar-refractivity contribution in [2.45, 2.75) is 24.8 Å². The first-order valence-electron chi connectivity index (χ1n) is 10.6. The van der Waals surface area contributed by atoms with Crippen molar-refractivity contribution in [3.05, 3.63) is 53.6 Å². The van der Waals surface area contributed by atoms with Crippen molar-refractivity contribution in [1.29, 1.82) is 0 Å². The molecule has 2 aromatic carbocycles. The maximum absolute atomic E-state index is 12.6. The maximum Gasteiger partial charge on any atom is 0.240 e. The van der Waals surface area contributed by atoms with Crippen LogP contribution in [0.4, 0.5) is 0 Å². The van der Waals surface area contributed by atoms with Crippen LogP contribution in [0.2, 0.25) is 0 Å². The van der Waals surface area contributed by atoms with E-state index < -0.39 is 10.0 Å². The molecule has 0 atom stereocenters. The second-order valence-electron chi connectivity index (χ2n) is 7.81. The maximum atomic E-state index is 12.6. The molecule has 1 heterocycles. The summed E-state index contributed by atoms with van der Waals surface area (Å²) in [4.78, 5) is 16.7. The van der Waals surface area contributed by atoms with Crippen LogP contribution >= 0.6 is 0 Å². The summed E-state index contributed by atoms with van der Waals surface area (Å²) in [7, 11) is -0.826. The van der Waals surface area contributed by atoms with Crippen molar-refractivity contribution in [3.63, 3.8) is 0 Å². The summed E-state index contributed by atoms with van der Waals surface area (Å²) in [6.07, 6.45) is 0.115. The highest BCUT2D eigenvalue weighted by molar-refractivity contribution is 7.89. The molecule has 0 unspecified atom stereocenters. The number of hydrogen-bond donors (Lipinski definition) is 1. The van der Waals surface area contributed by atoms with Gasteiger partial charge in [0, 0.05) is 51.8 Å². The number of amides is 1. The van der Waals surface area contributed by atoms with E-state index in [1.54, 1.807) is 4.90 Å². The number of carbonyl (C=O) groups is 1. The van der Waals surface area contributed by atoms with Gasteiger partial charge in [0.2, 0.25) is 15.9 Å². The number of hydrogen-bond acceptors (Lipinski definition) is 6. The van der Waals surface area contributed by atoms with E-state index in [9.17, 15) is 13.2 Å². The third kappa shape index (κ3) is 6.21. The van der Waals surface area contributed by atoms with Crippen LogP contribution in [0.1, 0.15) is 17.5 Å². The largest absolute Gasteiger partial charge is 0.493 e. The molecule has 0 aromatic heterocycles. The van der Waals surface area contributed by atoms with Gasteiger partial charge in [-0.1, -0.05) is 29.8 Å².